The zero-order valence-electron chi connectivity index (χ0n) is 34.7. The Hall–Kier alpha value is -2.08. The van der Waals surface area contributed by atoms with Crippen molar-refractivity contribution in [3.63, 3.8) is 0 Å². The smallest absolute Gasteiger partial charge is 0.315 e. The predicted octanol–water partition coefficient (Wildman–Crippen LogP) is 6.23. The first-order valence-electron chi connectivity index (χ1n) is 22.7. The summed E-state index contributed by atoms with van der Waals surface area (Å²) >= 11 is 1.92. The van der Waals surface area contributed by atoms with E-state index in [4.69, 9.17) is 4.74 Å². The number of carbonyl (C=O) groups is 3. The molecule has 2 saturated carbocycles. The van der Waals surface area contributed by atoms with Crippen molar-refractivity contribution in [2.24, 2.45) is 35.0 Å². The molecule has 0 radical (unpaired) electrons. The van der Waals surface area contributed by atoms with E-state index < -0.39 is 0 Å². The fourth-order valence-electron chi connectivity index (χ4n) is 13.3. The van der Waals surface area contributed by atoms with E-state index in [-0.39, 0.29) is 53.2 Å². The number of hydrogen-bond donors (Lipinski definition) is 5. The maximum Gasteiger partial charge on any atom is 0.315 e. The van der Waals surface area contributed by atoms with Gasteiger partial charge in [0.15, 0.2) is 0 Å². The van der Waals surface area contributed by atoms with Crippen molar-refractivity contribution >= 4 is 29.6 Å². The highest BCUT2D eigenvalue weighted by Gasteiger charge is 2.61. The average Bonchev–Trinajstić information content (AvgIpc) is 3.91. The lowest BCUT2D eigenvalue weighted by molar-refractivity contribution is -0.122. The molecule has 0 aromatic carbocycles. The summed E-state index contributed by atoms with van der Waals surface area (Å²) in [6.07, 6.45) is 18.0. The lowest BCUT2D eigenvalue weighted by Gasteiger charge is -2.49. The van der Waals surface area contributed by atoms with Gasteiger partial charge < -0.3 is 31.1 Å². The van der Waals surface area contributed by atoms with Crippen molar-refractivity contribution < 1.29 is 24.2 Å². The number of fused-ring (bicyclic) bond motifs is 7. The molecule has 4 heterocycles. The summed E-state index contributed by atoms with van der Waals surface area (Å²) in [6.45, 7) is 13.0. The van der Waals surface area contributed by atoms with Gasteiger partial charge in [0.2, 0.25) is 11.8 Å². The monoisotopic (exact) mass is 794 g/mol. The van der Waals surface area contributed by atoms with Gasteiger partial charge in [-0.2, -0.15) is 11.8 Å². The van der Waals surface area contributed by atoms with E-state index in [2.05, 4.69) is 59.9 Å². The van der Waals surface area contributed by atoms with Gasteiger partial charge in [-0.25, -0.2) is 4.79 Å². The number of allylic oxidation sites excluding steroid dienone is 2. The molecule has 0 aromatic heterocycles. The number of ether oxygens (including phenoxy) is 1. The van der Waals surface area contributed by atoms with Gasteiger partial charge in [-0.05, 0) is 119 Å². The maximum atomic E-state index is 12.9. The fourth-order valence-corrected chi connectivity index (χ4v) is 14.9. The molecule has 4 saturated heterocycles. The Bertz CT molecular complexity index is 1550. The second kappa shape index (κ2) is 16.9. The zero-order chi connectivity index (χ0) is 39.2. The van der Waals surface area contributed by atoms with Gasteiger partial charge in [-0.15, -0.1) is 0 Å². The van der Waals surface area contributed by atoms with E-state index in [1.165, 1.54) is 24.8 Å². The number of aliphatic hydroxyl groups excluding tert-OH is 1. The van der Waals surface area contributed by atoms with Crippen molar-refractivity contribution in [1.29, 1.82) is 0 Å². The first-order chi connectivity index (χ1) is 27.0. The van der Waals surface area contributed by atoms with E-state index in [1.807, 2.05) is 11.8 Å². The van der Waals surface area contributed by atoms with Crippen LogP contribution in [0.25, 0.3) is 0 Å². The zero-order valence-corrected chi connectivity index (χ0v) is 35.5. The Labute approximate surface area is 340 Å². The molecular formula is C45H71N5O5S. The molecule has 4 aliphatic carbocycles. The third kappa shape index (κ3) is 7.85. The summed E-state index contributed by atoms with van der Waals surface area (Å²) in [6, 6.07) is 0.818. The number of aliphatic hydroxyl groups is 1. The number of carbonyl (C=O) groups excluding carboxylic acids is 3. The number of thioether (sulfide) groups is 1. The minimum atomic E-state index is -0.174. The third-order valence-corrected chi connectivity index (χ3v) is 17.8. The molecular weight excluding hydrogens is 723 g/mol. The van der Waals surface area contributed by atoms with Crippen LogP contribution in [0.4, 0.5) is 4.79 Å². The lowest BCUT2D eigenvalue weighted by Crippen LogP contribution is -2.54. The molecule has 8 rings (SSSR count). The van der Waals surface area contributed by atoms with Gasteiger partial charge in [0.1, 0.15) is 0 Å². The van der Waals surface area contributed by atoms with Gasteiger partial charge in [0, 0.05) is 62.0 Å². The van der Waals surface area contributed by atoms with E-state index >= 15 is 0 Å². The molecule has 1 spiro atoms. The molecule has 5 N–H and O–H groups in total. The van der Waals surface area contributed by atoms with Crippen LogP contribution in [0.3, 0.4) is 0 Å². The fraction of sp³-hybridized carbons (Fsp3) is 0.844. The molecule has 4 aliphatic heterocycles. The Balaban J connectivity index is 0.745. The van der Waals surface area contributed by atoms with Crippen LogP contribution < -0.4 is 21.3 Å². The molecule has 0 bridgehead atoms. The van der Waals surface area contributed by atoms with Crippen LogP contribution in [0.5, 0.6) is 0 Å². The number of nitrogens with zero attached hydrogens (tertiary/aromatic N) is 1. The molecule has 4 amide bonds. The van der Waals surface area contributed by atoms with Crippen molar-refractivity contribution in [3.05, 3.63) is 22.8 Å². The highest BCUT2D eigenvalue weighted by Crippen LogP contribution is 2.65. The van der Waals surface area contributed by atoms with E-state index in [0.29, 0.717) is 60.9 Å². The lowest BCUT2D eigenvalue weighted by atomic mass is 9.56. The number of hydrogen-bond acceptors (Lipinski definition) is 7. The summed E-state index contributed by atoms with van der Waals surface area (Å²) in [5.41, 5.74) is 4.87. The molecule has 13 atom stereocenters. The van der Waals surface area contributed by atoms with Crippen LogP contribution >= 0.6 is 11.8 Å². The van der Waals surface area contributed by atoms with Crippen molar-refractivity contribution in [2.45, 2.75) is 172 Å². The Morgan fingerprint density at radius 2 is 1.80 bits per heavy atom. The highest BCUT2D eigenvalue weighted by atomic mass is 32.2. The third-order valence-electron chi connectivity index (χ3n) is 16.3. The SMILES string of the molecule is CC1=C2CC3C(CC=C4CC(O)CCC43C)C2CCC12OC1CC(C)CN(CCNC(=O)CCCCCNC(=O)CCCCC3SCC4NC(=O)NC43)C1C2C. The van der Waals surface area contributed by atoms with Crippen LogP contribution in [0, 0.1) is 35.0 Å². The second-order valence-electron chi connectivity index (χ2n) is 19.6. The van der Waals surface area contributed by atoms with Crippen LogP contribution in [0.2, 0.25) is 0 Å². The van der Waals surface area contributed by atoms with Gasteiger partial charge in [0.25, 0.3) is 0 Å². The Morgan fingerprint density at radius 3 is 2.62 bits per heavy atom. The van der Waals surface area contributed by atoms with Crippen LogP contribution in [0.1, 0.15) is 130 Å². The number of unbranched alkanes of at least 4 members (excludes halogenated alkanes) is 3. The minimum Gasteiger partial charge on any atom is -0.393 e. The Kier molecular flexibility index (Phi) is 12.3. The summed E-state index contributed by atoms with van der Waals surface area (Å²) in [5, 5.41) is 23.2. The first kappa shape index (κ1) is 40.7. The van der Waals surface area contributed by atoms with Crippen LogP contribution in [-0.4, -0.2) is 101 Å². The van der Waals surface area contributed by atoms with Crippen molar-refractivity contribution in [3.8, 4) is 0 Å². The number of amides is 4. The van der Waals surface area contributed by atoms with Crippen LogP contribution in [0.15, 0.2) is 22.8 Å². The maximum absolute atomic E-state index is 12.9. The molecule has 56 heavy (non-hydrogen) atoms. The summed E-state index contributed by atoms with van der Waals surface area (Å²) in [4.78, 5) is 39.4. The normalized spacial score (nSPS) is 41.3. The summed E-state index contributed by atoms with van der Waals surface area (Å²) in [5.74, 6) is 4.31. The summed E-state index contributed by atoms with van der Waals surface area (Å²) < 4.78 is 7.34. The van der Waals surface area contributed by atoms with Gasteiger partial charge in [-0.1, -0.05) is 50.8 Å². The quantitative estimate of drug-likeness (QED) is 0.0801. The largest absolute Gasteiger partial charge is 0.393 e. The Morgan fingerprint density at radius 1 is 1.02 bits per heavy atom. The van der Waals surface area contributed by atoms with E-state index in [9.17, 15) is 19.5 Å². The number of likely N-dealkylation sites (tertiary alicyclic amines) is 1. The van der Waals surface area contributed by atoms with Gasteiger partial charge in [-0.3, -0.25) is 14.5 Å². The van der Waals surface area contributed by atoms with Crippen LogP contribution in [-0.2, 0) is 14.3 Å². The number of urea groups is 1. The summed E-state index contributed by atoms with van der Waals surface area (Å²) in [7, 11) is 0. The van der Waals surface area contributed by atoms with Gasteiger partial charge >= 0.3 is 6.03 Å². The van der Waals surface area contributed by atoms with Crippen molar-refractivity contribution in [1.82, 2.24) is 26.2 Å². The minimum absolute atomic E-state index is 0.0472. The van der Waals surface area contributed by atoms with Crippen molar-refractivity contribution in [2.75, 3.05) is 31.9 Å². The highest BCUT2D eigenvalue weighted by molar-refractivity contribution is 8.00. The molecule has 10 nitrogen and oxygen atoms in total. The number of piperidine rings is 1. The standard InChI is InChI=1S/C45H71N5O5S/c1-27-22-37-42(29(3)45(55-37)18-16-32-33-14-13-30-23-31(51)15-17-44(30,4)35(33)24-34(32)28(45)2)50(25-27)21-20-47-40(53)11-6-5-9-19-46-39(52)12-8-7-10-38-41-36(26-56-38)48-43(54)49-41/h13,27,29,31-33,35-38,41-42,51H,5-12,14-26H2,1-4H3,(H,46,52)(H,47,53)(H2,48,49,54). The molecule has 11 heteroatoms. The number of rotatable bonds is 14. The second-order valence-corrected chi connectivity index (χ2v) is 20.9. The van der Waals surface area contributed by atoms with Gasteiger partial charge in [0.05, 0.1) is 29.9 Å². The average molecular weight is 794 g/mol. The molecule has 8 aliphatic rings. The molecule has 0 aromatic rings. The molecule has 6 fully saturated rings. The topological polar surface area (TPSA) is 132 Å². The molecule has 13 unspecified atom stereocenters. The van der Waals surface area contributed by atoms with E-state index in [0.717, 1.165) is 95.4 Å². The molecule has 312 valence electrons. The number of nitrogens with one attached hydrogen (secondary N) is 4. The van der Waals surface area contributed by atoms with E-state index in [1.54, 1.807) is 11.1 Å². The predicted molar refractivity (Wildman–Crippen MR) is 222 cm³/mol. The first-order valence-corrected chi connectivity index (χ1v) is 23.7.